The van der Waals surface area contributed by atoms with Gasteiger partial charge in [-0.15, -0.1) is 0 Å². The Hall–Kier alpha value is -2.98. The monoisotopic (exact) mass is 442 g/mol. The van der Waals surface area contributed by atoms with Crippen molar-refractivity contribution in [3.8, 4) is 5.75 Å². The van der Waals surface area contributed by atoms with Crippen molar-refractivity contribution in [2.75, 3.05) is 19.0 Å². The summed E-state index contributed by atoms with van der Waals surface area (Å²) in [6.45, 7) is -0.0472. The predicted molar refractivity (Wildman–Crippen MR) is 104 cm³/mol. The van der Waals surface area contributed by atoms with Crippen molar-refractivity contribution in [2.24, 2.45) is 0 Å². The summed E-state index contributed by atoms with van der Waals surface area (Å²) in [5, 5.41) is 22.9. The first-order valence-corrected chi connectivity index (χ1v) is 9.07. The molecule has 3 N–H and O–H groups in total. The molecule has 2 atom stereocenters. The summed E-state index contributed by atoms with van der Waals surface area (Å²) in [6.07, 6.45) is -5.37. The molecule has 1 heterocycles. The minimum absolute atomic E-state index is 0.0952. The van der Waals surface area contributed by atoms with E-state index in [4.69, 9.17) is 4.74 Å². The number of alkyl halides is 3. The number of anilines is 1. The standard InChI is InChI=1S/C21H19F5N2O3/c1-11-6-7-13-16(27-11)4-3-5-17(13)28-19(20(30,10-29)21(24,25)26)14-8-12(22)9-15(23)18(14)31-2/h3-9,19,28-30H,10H2,1-2H3/t19-,20?/m1/s1. The lowest BCUT2D eigenvalue weighted by atomic mass is 9.87. The molecule has 2 aromatic carbocycles. The summed E-state index contributed by atoms with van der Waals surface area (Å²) < 4.78 is 74.7. The molecule has 0 spiro atoms. The number of fused-ring (bicyclic) bond motifs is 1. The van der Waals surface area contributed by atoms with Gasteiger partial charge in [-0.1, -0.05) is 6.07 Å². The van der Waals surface area contributed by atoms with Crippen LogP contribution in [0.15, 0.2) is 42.5 Å². The Labute approximate surface area is 174 Å². The second-order valence-electron chi connectivity index (χ2n) is 6.99. The van der Waals surface area contributed by atoms with Gasteiger partial charge in [-0.25, -0.2) is 8.78 Å². The minimum atomic E-state index is -5.37. The first kappa shape index (κ1) is 22.7. The van der Waals surface area contributed by atoms with Gasteiger partial charge in [-0.2, -0.15) is 13.2 Å². The van der Waals surface area contributed by atoms with E-state index in [9.17, 15) is 32.2 Å². The topological polar surface area (TPSA) is 74.6 Å². The summed E-state index contributed by atoms with van der Waals surface area (Å²) in [7, 11) is 0.993. The molecule has 166 valence electrons. The van der Waals surface area contributed by atoms with Crippen molar-refractivity contribution in [3.05, 3.63) is 65.4 Å². The number of nitrogens with zero attached hydrogens (tertiary/aromatic N) is 1. The number of ether oxygens (including phenoxy) is 1. The van der Waals surface area contributed by atoms with Crippen LogP contribution >= 0.6 is 0 Å². The van der Waals surface area contributed by atoms with Gasteiger partial charge in [-0.3, -0.25) is 4.98 Å². The third-order valence-electron chi connectivity index (χ3n) is 4.93. The normalized spacial score (nSPS) is 14.9. The van der Waals surface area contributed by atoms with Gasteiger partial charge >= 0.3 is 6.18 Å². The Balaban J connectivity index is 2.27. The van der Waals surface area contributed by atoms with Crippen LogP contribution in [-0.4, -0.2) is 40.7 Å². The quantitative estimate of drug-likeness (QED) is 0.498. The molecule has 0 radical (unpaired) electrons. The van der Waals surface area contributed by atoms with Crippen LogP contribution < -0.4 is 10.1 Å². The second kappa shape index (κ2) is 8.27. The van der Waals surface area contributed by atoms with E-state index in [1.807, 2.05) is 0 Å². The zero-order chi connectivity index (χ0) is 23.0. The highest BCUT2D eigenvalue weighted by atomic mass is 19.4. The number of nitrogens with one attached hydrogen (secondary N) is 1. The predicted octanol–water partition coefficient (Wildman–Crippen LogP) is 4.27. The molecule has 0 aliphatic heterocycles. The maximum atomic E-state index is 14.3. The summed E-state index contributed by atoms with van der Waals surface area (Å²) in [6, 6.07) is 6.62. The second-order valence-corrected chi connectivity index (χ2v) is 6.99. The summed E-state index contributed by atoms with van der Waals surface area (Å²) in [5.74, 6) is -3.15. The van der Waals surface area contributed by atoms with Gasteiger partial charge in [0.25, 0.3) is 0 Å². The lowest BCUT2D eigenvalue weighted by Crippen LogP contribution is -2.55. The molecule has 10 heteroatoms. The zero-order valence-electron chi connectivity index (χ0n) is 16.5. The summed E-state index contributed by atoms with van der Waals surface area (Å²) in [5.41, 5.74) is -3.26. The average Bonchev–Trinajstić information content (AvgIpc) is 2.69. The zero-order valence-corrected chi connectivity index (χ0v) is 16.5. The van der Waals surface area contributed by atoms with Crippen LogP contribution in [0.3, 0.4) is 0 Å². The molecule has 1 aromatic heterocycles. The van der Waals surface area contributed by atoms with Gasteiger partial charge in [0.2, 0.25) is 5.60 Å². The molecule has 0 amide bonds. The number of rotatable bonds is 6. The van der Waals surface area contributed by atoms with Crippen LogP contribution in [-0.2, 0) is 0 Å². The molecule has 0 saturated carbocycles. The number of aromatic nitrogens is 1. The third-order valence-corrected chi connectivity index (χ3v) is 4.93. The largest absolute Gasteiger partial charge is 0.493 e. The molecule has 3 rings (SSSR count). The van der Waals surface area contributed by atoms with Gasteiger partial charge in [0.15, 0.2) is 11.6 Å². The number of aliphatic hydroxyl groups is 2. The van der Waals surface area contributed by atoms with Crippen molar-refractivity contribution in [1.82, 2.24) is 4.98 Å². The highest BCUT2D eigenvalue weighted by molar-refractivity contribution is 5.91. The molecular weight excluding hydrogens is 423 g/mol. The van der Waals surface area contributed by atoms with Crippen LogP contribution in [0.2, 0.25) is 0 Å². The number of methoxy groups -OCH3 is 1. The third kappa shape index (κ3) is 4.13. The van der Waals surface area contributed by atoms with E-state index in [0.29, 0.717) is 28.7 Å². The Morgan fingerprint density at radius 2 is 1.84 bits per heavy atom. The minimum Gasteiger partial charge on any atom is -0.493 e. The van der Waals surface area contributed by atoms with E-state index < -0.39 is 47.4 Å². The van der Waals surface area contributed by atoms with E-state index in [0.717, 1.165) is 7.11 Å². The first-order valence-electron chi connectivity index (χ1n) is 9.07. The van der Waals surface area contributed by atoms with Crippen LogP contribution in [0.5, 0.6) is 5.75 Å². The average molecular weight is 442 g/mol. The van der Waals surface area contributed by atoms with E-state index >= 15 is 0 Å². The van der Waals surface area contributed by atoms with E-state index in [2.05, 4.69) is 10.3 Å². The SMILES string of the molecule is COc1c(F)cc(F)cc1[C@@H](Nc1cccc2nc(C)ccc12)C(O)(CO)C(F)(F)F. The van der Waals surface area contributed by atoms with Crippen molar-refractivity contribution in [1.29, 1.82) is 0 Å². The van der Waals surface area contributed by atoms with E-state index in [1.54, 1.807) is 25.1 Å². The Morgan fingerprint density at radius 1 is 1.13 bits per heavy atom. The molecular formula is C21H19F5N2O3. The van der Waals surface area contributed by atoms with E-state index in [1.165, 1.54) is 12.1 Å². The highest BCUT2D eigenvalue weighted by Crippen LogP contribution is 2.45. The summed E-state index contributed by atoms with van der Waals surface area (Å²) in [4.78, 5) is 4.29. The van der Waals surface area contributed by atoms with Crippen molar-refractivity contribution >= 4 is 16.6 Å². The Bertz CT molecular complexity index is 1110. The smallest absolute Gasteiger partial charge is 0.421 e. The molecule has 1 unspecified atom stereocenters. The molecule has 0 saturated heterocycles. The van der Waals surface area contributed by atoms with Gasteiger partial charge in [0.1, 0.15) is 5.82 Å². The fourth-order valence-electron chi connectivity index (χ4n) is 3.35. The van der Waals surface area contributed by atoms with Gasteiger partial charge in [0, 0.05) is 28.4 Å². The first-order chi connectivity index (χ1) is 14.5. The molecule has 3 aromatic rings. The highest BCUT2D eigenvalue weighted by Gasteiger charge is 2.59. The fourth-order valence-corrected chi connectivity index (χ4v) is 3.35. The fraction of sp³-hybridized carbons (Fsp3) is 0.286. The van der Waals surface area contributed by atoms with Crippen molar-refractivity contribution in [2.45, 2.75) is 24.7 Å². The summed E-state index contributed by atoms with van der Waals surface area (Å²) >= 11 is 0. The van der Waals surface area contributed by atoms with Crippen LogP contribution in [0.4, 0.5) is 27.6 Å². The van der Waals surface area contributed by atoms with Crippen LogP contribution in [0, 0.1) is 18.6 Å². The molecule has 0 aliphatic rings. The molecule has 0 fully saturated rings. The lowest BCUT2D eigenvalue weighted by Gasteiger charge is -2.38. The number of pyridine rings is 1. The van der Waals surface area contributed by atoms with Crippen LogP contribution in [0.25, 0.3) is 10.9 Å². The number of hydrogen-bond acceptors (Lipinski definition) is 5. The Morgan fingerprint density at radius 3 is 2.45 bits per heavy atom. The van der Waals surface area contributed by atoms with Crippen molar-refractivity contribution < 1.29 is 36.9 Å². The molecule has 0 bridgehead atoms. The maximum Gasteiger partial charge on any atom is 0.421 e. The Kier molecular flexibility index (Phi) is 6.06. The number of hydrogen-bond donors (Lipinski definition) is 3. The molecule has 5 nitrogen and oxygen atoms in total. The number of aliphatic hydroxyl groups excluding tert-OH is 1. The molecule has 0 aliphatic carbocycles. The van der Waals surface area contributed by atoms with Crippen molar-refractivity contribution in [3.63, 3.8) is 0 Å². The maximum absolute atomic E-state index is 14.3. The molecule has 31 heavy (non-hydrogen) atoms. The van der Waals surface area contributed by atoms with E-state index in [-0.39, 0.29) is 5.69 Å². The van der Waals surface area contributed by atoms with Gasteiger partial charge < -0.3 is 20.3 Å². The lowest BCUT2D eigenvalue weighted by molar-refractivity contribution is -0.277. The number of benzene rings is 2. The van der Waals surface area contributed by atoms with Gasteiger partial charge in [0.05, 0.1) is 25.3 Å². The van der Waals surface area contributed by atoms with Crippen LogP contribution in [0.1, 0.15) is 17.3 Å². The number of halogens is 5. The van der Waals surface area contributed by atoms with Gasteiger partial charge in [-0.05, 0) is 37.3 Å². The number of aryl methyl sites for hydroxylation is 1.